The van der Waals surface area contributed by atoms with E-state index in [1.54, 1.807) is 6.07 Å². The summed E-state index contributed by atoms with van der Waals surface area (Å²) in [5.74, 6) is 0.417. The predicted octanol–water partition coefficient (Wildman–Crippen LogP) is 3.31. The van der Waals surface area contributed by atoms with Crippen LogP contribution in [-0.4, -0.2) is 22.8 Å². The Morgan fingerprint density at radius 2 is 2.05 bits per heavy atom. The highest BCUT2D eigenvalue weighted by atomic mass is 16.5. The first kappa shape index (κ1) is 13.2. The Bertz CT molecular complexity index is 791. The number of nitrogens with one attached hydrogen (secondary N) is 1. The third-order valence-electron chi connectivity index (χ3n) is 3.19. The van der Waals surface area contributed by atoms with E-state index in [0.29, 0.717) is 5.95 Å². The van der Waals surface area contributed by atoms with E-state index in [1.807, 2.05) is 47.9 Å². The van der Waals surface area contributed by atoms with E-state index in [-0.39, 0.29) is 0 Å². The van der Waals surface area contributed by atoms with Gasteiger partial charge in [0.1, 0.15) is 0 Å². The maximum atomic E-state index is 11.5. The summed E-state index contributed by atoms with van der Waals surface area (Å²) in [7, 11) is 1.32. The summed E-state index contributed by atoms with van der Waals surface area (Å²) in [5, 5.41) is 2.64. The van der Waals surface area contributed by atoms with Crippen molar-refractivity contribution in [1.29, 1.82) is 0 Å². The second-order valence-corrected chi connectivity index (χ2v) is 4.64. The van der Waals surface area contributed by atoms with Crippen LogP contribution >= 0.6 is 0 Å². The van der Waals surface area contributed by atoms with E-state index >= 15 is 0 Å². The first-order valence-electron chi connectivity index (χ1n) is 6.49. The van der Waals surface area contributed by atoms with Crippen LogP contribution in [0, 0.1) is 13.0 Å². The normalized spacial score (nSPS) is 10.6. The molecule has 0 aliphatic carbocycles. The number of aryl methyl sites for hydroxylation is 1. The summed E-state index contributed by atoms with van der Waals surface area (Å²) >= 11 is 0. The number of nitrogens with zero attached hydrogens (tertiary/aromatic N) is 2. The predicted molar refractivity (Wildman–Crippen MR) is 80.7 cm³/mol. The van der Waals surface area contributed by atoms with Crippen LogP contribution in [0.5, 0.6) is 0 Å². The smallest absolute Gasteiger partial charge is 0.413 e. The highest BCUT2D eigenvalue weighted by Gasteiger charge is 2.14. The topological polar surface area (TPSA) is 56.1 Å². The summed E-state index contributed by atoms with van der Waals surface area (Å²) in [4.78, 5) is 15.9. The SMILES string of the molecule is COC(=O)Nc1nc2c[c]ccc2n1-c1ccc(C)cc1. The second kappa shape index (κ2) is 5.28. The monoisotopic (exact) mass is 280 g/mol. The third-order valence-corrected chi connectivity index (χ3v) is 3.19. The van der Waals surface area contributed by atoms with Gasteiger partial charge in [0.25, 0.3) is 0 Å². The number of rotatable bonds is 2. The minimum absolute atomic E-state index is 0.417. The van der Waals surface area contributed by atoms with Gasteiger partial charge in [-0.1, -0.05) is 23.8 Å². The number of methoxy groups -OCH3 is 1. The molecule has 3 aromatic rings. The van der Waals surface area contributed by atoms with Crippen LogP contribution in [0.1, 0.15) is 5.56 Å². The minimum atomic E-state index is -0.553. The van der Waals surface area contributed by atoms with Gasteiger partial charge in [-0.15, -0.1) is 0 Å². The number of fused-ring (bicyclic) bond motifs is 1. The lowest BCUT2D eigenvalue weighted by atomic mass is 10.2. The van der Waals surface area contributed by atoms with Crippen molar-refractivity contribution in [3.05, 3.63) is 54.1 Å². The Balaban J connectivity index is 2.19. The number of imidazole rings is 1. The van der Waals surface area contributed by atoms with Gasteiger partial charge in [-0.3, -0.25) is 9.88 Å². The number of aromatic nitrogens is 2. The maximum Gasteiger partial charge on any atom is 0.413 e. The molecular weight excluding hydrogens is 266 g/mol. The summed E-state index contributed by atoms with van der Waals surface area (Å²) in [6, 6.07) is 16.5. The molecule has 0 unspecified atom stereocenters. The summed E-state index contributed by atoms with van der Waals surface area (Å²) in [6.07, 6.45) is -0.553. The van der Waals surface area contributed by atoms with Gasteiger partial charge in [0.2, 0.25) is 5.95 Å². The van der Waals surface area contributed by atoms with Crippen LogP contribution in [0.3, 0.4) is 0 Å². The van der Waals surface area contributed by atoms with E-state index in [2.05, 4.69) is 21.1 Å². The first-order chi connectivity index (χ1) is 10.2. The lowest BCUT2D eigenvalue weighted by molar-refractivity contribution is 0.186. The summed E-state index contributed by atoms with van der Waals surface area (Å²) < 4.78 is 6.52. The molecule has 3 rings (SSSR count). The quantitative estimate of drug-likeness (QED) is 0.783. The Labute approximate surface area is 122 Å². The molecule has 5 heteroatoms. The lowest BCUT2D eigenvalue weighted by Gasteiger charge is -2.09. The molecule has 1 aromatic heterocycles. The van der Waals surface area contributed by atoms with Gasteiger partial charge in [0.15, 0.2) is 0 Å². The fraction of sp³-hybridized carbons (Fsp3) is 0.125. The van der Waals surface area contributed by atoms with Gasteiger partial charge in [-0.05, 0) is 37.3 Å². The van der Waals surface area contributed by atoms with Gasteiger partial charge < -0.3 is 4.74 Å². The standard InChI is InChI=1S/C16H14N3O2/c1-11-7-9-12(10-8-11)19-14-6-4-3-5-13(14)17-15(19)18-16(20)21-2/h4-10H,1-2H3,(H,17,18,20). The van der Waals surface area contributed by atoms with Crippen molar-refractivity contribution in [3.63, 3.8) is 0 Å². The van der Waals surface area contributed by atoms with Crippen LogP contribution in [0.25, 0.3) is 16.7 Å². The molecule has 1 heterocycles. The Kier molecular flexibility index (Phi) is 3.31. The molecule has 1 amide bonds. The summed E-state index contributed by atoms with van der Waals surface area (Å²) in [5.41, 5.74) is 3.73. The van der Waals surface area contributed by atoms with Crippen molar-refractivity contribution in [2.24, 2.45) is 0 Å². The number of carbonyl (C=O) groups excluding carboxylic acids is 1. The van der Waals surface area contributed by atoms with Gasteiger partial charge in [-0.2, -0.15) is 0 Å². The molecule has 1 radical (unpaired) electrons. The Hall–Kier alpha value is -2.82. The average Bonchev–Trinajstić information content (AvgIpc) is 2.86. The zero-order valence-electron chi connectivity index (χ0n) is 11.8. The van der Waals surface area contributed by atoms with Gasteiger partial charge in [0, 0.05) is 5.69 Å². The molecule has 105 valence electrons. The molecule has 0 saturated heterocycles. The molecule has 21 heavy (non-hydrogen) atoms. The number of ether oxygens (including phenoxy) is 1. The molecule has 0 bridgehead atoms. The number of hydrogen-bond acceptors (Lipinski definition) is 3. The van der Waals surface area contributed by atoms with Crippen LogP contribution in [0.4, 0.5) is 10.7 Å². The fourth-order valence-electron chi connectivity index (χ4n) is 2.15. The molecule has 0 saturated carbocycles. The second-order valence-electron chi connectivity index (χ2n) is 4.64. The highest BCUT2D eigenvalue weighted by molar-refractivity contribution is 5.88. The molecule has 0 spiro atoms. The Morgan fingerprint density at radius 1 is 1.29 bits per heavy atom. The maximum absolute atomic E-state index is 11.5. The van der Waals surface area contributed by atoms with Crippen LogP contribution in [0.2, 0.25) is 0 Å². The number of benzene rings is 2. The minimum Gasteiger partial charge on any atom is -0.453 e. The van der Waals surface area contributed by atoms with Gasteiger partial charge in [-0.25, -0.2) is 9.78 Å². The first-order valence-corrected chi connectivity index (χ1v) is 6.49. The van der Waals surface area contributed by atoms with Crippen molar-refractivity contribution in [1.82, 2.24) is 9.55 Å². The molecule has 0 fully saturated rings. The van der Waals surface area contributed by atoms with E-state index < -0.39 is 6.09 Å². The number of hydrogen-bond donors (Lipinski definition) is 1. The van der Waals surface area contributed by atoms with Crippen LogP contribution < -0.4 is 5.32 Å². The van der Waals surface area contributed by atoms with Gasteiger partial charge in [0.05, 0.1) is 18.1 Å². The highest BCUT2D eigenvalue weighted by Crippen LogP contribution is 2.24. The third kappa shape index (κ3) is 2.45. The largest absolute Gasteiger partial charge is 0.453 e. The lowest BCUT2D eigenvalue weighted by Crippen LogP contribution is -2.14. The fourth-order valence-corrected chi connectivity index (χ4v) is 2.15. The number of carbonyl (C=O) groups is 1. The van der Waals surface area contributed by atoms with Crippen LogP contribution in [0.15, 0.2) is 42.5 Å². The molecule has 5 nitrogen and oxygen atoms in total. The van der Waals surface area contributed by atoms with E-state index in [4.69, 9.17) is 0 Å². The molecule has 0 aliphatic heterocycles. The molecule has 0 aliphatic rings. The van der Waals surface area contributed by atoms with Crippen molar-refractivity contribution < 1.29 is 9.53 Å². The zero-order valence-corrected chi connectivity index (χ0v) is 11.8. The van der Waals surface area contributed by atoms with E-state index in [0.717, 1.165) is 16.7 Å². The zero-order chi connectivity index (χ0) is 14.8. The molecular formula is C16H14N3O2. The summed E-state index contributed by atoms with van der Waals surface area (Å²) in [6.45, 7) is 2.03. The van der Waals surface area contributed by atoms with Crippen molar-refractivity contribution in [2.75, 3.05) is 12.4 Å². The van der Waals surface area contributed by atoms with Crippen LogP contribution in [-0.2, 0) is 4.74 Å². The number of amides is 1. The number of anilines is 1. The average molecular weight is 280 g/mol. The van der Waals surface area contributed by atoms with E-state index in [9.17, 15) is 4.79 Å². The van der Waals surface area contributed by atoms with Crippen molar-refractivity contribution in [2.45, 2.75) is 6.92 Å². The van der Waals surface area contributed by atoms with E-state index in [1.165, 1.54) is 12.7 Å². The van der Waals surface area contributed by atoms with Crippen molar-refractivity contribution >= 4 is 23.1 Å². The molecule has 2 aromatic carbocycles. The van der Waals surface area contributed by atoms with Crippen molar-refractivity contribution in [3.8, 4) is 5.69 Å². The molecule has 0 atom stereocenters. The Morgan fingerprint density at radius 3 is 2.76 bits per heavy atom. The molecule has 1 N–H and O–H groups in total. The van der Waals surface area contributed by atoms with Gasteiger partial charge >= 0.3 is 6.09 Å².